The van der Waals surface area contributed by atoms with Gasteiger partial charge in [0.1, 0.15) is 0 Å². The van der Waals surface area contributed by atoms with Crippen LogP contribution in [0.3, 0.4) is 0 Å². The van der Waals surface area contributed by atoms with Crippen molar-refractivity contribution < 1.29 is 9.90 Å². The highest BCUT2D eigenvalue weighted by Crippen LogP contribution is 2.25. The summed E-state index contributed by atoms with van der Waals surface area (Å²) in [6.45, 7) is 3.58. The van der Waals surface area contributed by atoms with Gasteiger partial charge in [-0.2, -0.15) is 0 Å². The Labute approximate surface area is 71.1 Å². The number of aliphatic imine (C=N–C) groups is 1. The summed E-state index contributed by atoms with van der Waals surface area (Å²) in [6.07, 6.45) is 7.51. The minimum absolute atomic E-state index is 0.0337. The van der Waals surface area contributed by atoms with Gasteiger partial charge in [-0.25, -0.2) is 0 Å². The fraction of sp³-hybridized carbons (Fsp3) is 0.333. The van der Waals surface area contributed by atoms with E-state index in [0.717, 1.165) is 0 Å². The Morgan fingerprint density at radius 1 is 1.75 bits per heavy atom. The first kappa shape index (κ1) is 8.71. The summed E-state index contributed by atoms with van der Waals surface area (Å²) >= 11 is 0. The molecule has 0 amide bonds. The van der Waals surface area contributed by atoms with Crippen molar-refractivity contribution >= 4 is 12.2 Å². The average molecular weight is 165 g/mol. The van der Waals surface area contributed by atoms with E-state index in [0.29, 0.717) is 6.42 Å². The van der Waals surface area contributed by atoms with Crippen molar-refractivity contribution in [3.63, 3.8) is 0 Å². The van der Waals surface area contributed by atoms with E-state index in [9.17, 15) is 4.79 Å². The second kappa shape index (κ2) is 3.34. The van der Waals surface area contributed by atoms with E-state index in [1.807, 2.05) is 6.08 Å². The Morgan fingerprint density at radius 3 is 2.92 bits per heavy atom. The summed E-state index contributed by atoms with van der Waals surface area (Å²) in [6, 6.07) is 0. The predicted octanol–water partition coefficient (Wildman–Crippen LogP) is 1.42. The summed E-state index contributed by atoms with van der Waals surface area (Å²) in [5.41, 5.74) is -0.562. The molecule has 1 unspecified atom stereocenters. The standard InChI is InChI=1S/C9H11NO2/c1-2-4-9(7-8(11)12)5-3-6-10-9/h2-3,5-6H,1,4,7H2,(H,11,12). The molecule has 3 heteroatoms. The highest BCUT2D eigenvalue weighted by atomic mass is 16.4. The van der Waals surface area contributed by atoms with Crippen LogP contribution in [0.1, 0.15) is 12.8 Å². The smallest absolute Gasteiger partial charge is 0.306 e. The maximum absolute atomic E-state index is 10.5. The van der Waals surface area contributed by atoms with Crippen LogP contribution in [0, 0.1) is 0 Å². The third-order valence-corrected chi connectivity index (χ3v) is 1.78. The predicted molar refractivity (Wildman–Crippen MR) is 47.4 cm³/mol. The lowest BCUT2D eigenvalue weighted by atomic mass is 9.93. The normalized spacial score (nSPS) is 26.0. The zero-order valence-corrected chi connectivity index (χ0v) is 6.73. The lowest BCUT2D eigenvalue weighted by molar-refractivity contribution is -0.137. The molecular weight excluding hydrogens is 154 g/mol. The second-order valence-corrected chi connectivity index (χ2v) is 2.80. The van der Waals surface area contributed by atoms with Gasteiger partial charge in [-0.05, 0) is 12.5 Å². The number of carboxylic acid groups (broad SMARTS) is 1. The van der Waals surface area contributed by atoms with Gasteiger partial charge in [0.2, 0.25) is 0 Å². The van der Waals surface area contributed by atoms with E-state index in [2.05, 4.69) is 11.6 Å². The molecule has 1 aliphatic heterocycles. The minimum Gasteiger partial charge on any atom is -0.481 e. The van der Waals surface area contributed by atoms with Crippen LogP contribution in [-0.4, -0.2) is 22.8 Å². The molecule has 1 rings (SSSR count). The van der Waals surface area contributed by atoms with Crippen LogP contribution in [0.15, 0.2) is 29.8 Å². The van der Waals surface area contributed by atoms with E-state index < -0.39 is 11.5 Å². The zero-order chi connectivity index (χ0) is 9.03. The summed E-state index contributed by atoms with van der Waals surface area (Å²) in [4.78, 5) is 14.6. The van der Waals surface area contributed by atoms with Crippen molar-refractivity contribution in [2.75, 3.05) is 0 Å². The van der Waals surface area contributed by atoms with Crippen LogP contribution in [0.4, 0.5) is 0 Å². The molecule has 64 valence electrons. The molecule has 1 N–H and O–H groups in total. The number of aliphatic carboxylic acids is 1. The molecule has 0 aromatic heterocycles. The monoisotopic (exact) mass is 165 g/mol. The molecule has 0 fully saturated rings. The molecule has 1 atom stereocenters. The quantitative estimate of drug-likeness (QED) is 0.640. The average Bonchev–Trinajstić information content (AvgIpc) is 2.36. The van der Waals surface area contributed by atoms with Gasteiger partial charge in [-0.1, -0.05) is 12.2 Å². The van der Waals surface area contributed by atoms with Crippen LogP contribution in [0.2, 0.25) is 0 Å². The van der Waals surface area contributed by atoms with Gasteiger partial charge in [0, 0.05) is 6.21 Å². The Hall–Kier alpha value is -1.38. The lowest BCUT2D eigenvalue weighted by Crippen LogP contribution is -2.24. The summed E-state index contributed by atoms with van der Waals surface area (Å²) < 4.78 is 0. The molecule has 0 spiro atoms. The molecular formula is C9H11NO2. The first-order valence-corrected chi connectivity index (χ1v) is 3.74. The van der Waals surface area contributed by atoms with Crippen molar-refractivity contribution in [3.05, 3.63) is 24.8 Å². The van der Waals surface area contributed by atoms with Gasteiger partial charge in [0.15, 0.2) is 0 Å². The second-order valence-electron chi connectivity index (χ2n) is 2.80. The molecule has 0 aromatic carbocycles. The van der Waals surface area contributed by atoms with Crippen LogP contribution in [0.5, 0.6) is 0 Å². The van der Waals surface area contributed by atoms with Gasteiger partial charge in [0.05, 0.1) is 12.0 Å². The Bertz CT molecular complexity index is 241. The zero-order valence-electron chi connectivity index (χ0n) is 6.73. The van der Waals surface area contributed by atoms with Gasteiger partial charge in [0.25, 0.3) is 0 Å². The topological polar surface area (TPSA) is 49.7 Å². The highest BCUT2D eigenvalue weighted by molar-refractivity contribution is 5.78. The van der Waals surface area contributed by atoms with E-state index >= 15 is 0 Å². The van der Waals surface area contributed by atoms with Crippen molar-refractivity contribution in [1.29, 1.82) is 0 Å². The molecule has 0 radical (unpaired) electrons. The number of carboxylic acids is 1. The van der Waals surface area contributed by atoms with E-state index in [-0.39, 0.29) is 6.42 Å². The number of hydrogen-bond donors (Lipinski definition) is 1. The van der Waals surface area contributed by atoms with Crippen LogP contribution < -0.4 is 0 Å². The number of hydrogen-bond acceptors (Lipinski definition) is 2. The summed E-state index contributed by atoms with van der Waals surface area (Å²) in [5, 5.41) is 8.62. The van der Waals surface area contributed by atoms with Gasteiger partial charge in [-0.15, -0.1) is 6.58 Å². The third-order valence-electron chi connectivity index (χ3n) is 1.78. The summed E-state index contributed by atoms with van der Waals surface area (Å²) in [5.74, 6) is -0.833. The van der Waals surface area contributed by atoms with Crippen molar-refractivity contribution in [3.8, 4) is 0 Å². The molecule has 0 saturated carbocycles. The van der Waals surface area contributed by atoms with Crippen LogP contribution in [0.25, 0.3) is 0 Å². The molecule has 0 bridgehead atoms. The molecule has 1 aliphatic rings. The van der Waals surface area contributed by atoms with Gasteiger partial charge in [-0.3, -0.25) is 9.79 Å². The summed E-state index contributed by atoms with van der Waals surface area (Å²) in [7, 11) is 0. The highest BCUT2D eigenvalue weighted by Gasteiger charge is 2.29. The Kier molecular flexibility index (Phi) is 2.43. The van der Waals surface area contributed by atoms with E-state index in [1.165, 1.54) is 0 Å². The SMILES string of the molecule is C=CCC1(CC(=O)O)C=CC=N1. The largest absolute Gasteiger partial charge is 0.481 e. The Morgan fingerprint density at radius 2 is 2.50 bits per heavy atom. The molecule has 0 saturated heterocycles. The van der Waals surface area contributed by atoms with E-state index in [4.69, 9.17) is 5.11 Å². The van der Waals surface area contributed by atoms with Crippen molar-refractivity contribution in [2.24, 2.45) is 4.99 Å². The van der Waals surface area contributed by atoms with Gasteiger partial charge >= 0.3 is 5.97 Å². The van der Waals surface area contributed by atoms with Crippen LogP contribution in [-0.2, 0) is 4.79 Å². The first-order valence-electron chi connectivity index (χ1n) is 3.74. The van der Waals surface area contributed by atoms with Gasteiger partial charge < -0.3 is 5.11 Å². The number of allylic oxidation sites excluding steroid dienone is 1. The molecule has 1 heterocycles. The number of nitrogens with zero attached hydrogens (tertiary/aromatic N) is 1. The van der Waals surface area contributed by atoms with Crippen LogP contribution >= 0.6 is 0 Å². The fourth-order valence-corrected chi connectivity index (χ4v) is 1.27. The van der Waals surface area contributed by atoms with E-state index in [1.54, 1.807) is 18.4 Å². The number of carbonyl (C=O) groups is 1. The molecule has 0 aliphatic carbocycles. The molecule has 0 aromatic rings. The molecule has 12 heavy (non-hydrogen) atoms. The van der Waals surface area contributed by atoms with Crippen molar-refractivity contribution in [1.82, 2.24) is 0 Å². The lowest BCUT2D eigenvalue weighted by Gasteiger charge is -2.19. The third kappa shape index (κ3) is 1.81. The minimum atomic E-state index is -0.833. The maximum atomic E-state index is 10.5. The van der Waals surface area contributed by atoms with Crippen molar-refractivity contribution in [2.45, 2.75) is 18.4 Å². The number of rotatable bonds is 4. The fourth-order valence-electron chi connectivity index (χ4n) is 1.27. The Balaban J connectivity index is 2.73. The maximum Gasteiger partial charge on any atom is 0.306 e. The first-order chi connectivity index (χ1) is 5.68. The molecule has 3 nitrogen and oxygen atoms in total.